The van der Waals surface area contributed by atoms with Crippen molar-refractivity contribution in [2.75, 3.05) is 36.1 Å². The summed E-state index contributed by atoms with van der Waals surface area (Å²) in [5.41, 5.74) is 0.427. The molecule has 2 aromatic heterocycles. The maximum Gasteiger partial charge on any atom is 0.271 e. The van der Waals surface area contributed by atoms with Crippen LogP contribution in [0.1, 0.15) is 85.2 Å². The zero-order chi connectivity index (χ0) is 28.7. The van der Waals surface area contributed by atoms with E-state index in [9.17, 15) is 19.2 Å². The number of rotatable bonds is 23. The normalized spacial score (nSPS) is 10.7. The summed E-state index contributed by atoms with van der Waals surface area (Å²) in [5.74, 6) is 2.99. The number of aromatic nitrogens is 4. The van der Waals surface area contributed by atoms with Gasteiger partial charge in [0.25, 0.3) is 11.8 Å². The predicted molar refractivity (Wildman–Crippen MR) is 160 cm³/mol. The molecular weight excluding hydrogens is 548 g/mol. The Kier molecular flexibility index (Phi) is 18.3. The first-order chi connectivity index (χ1) is 19.6. The number of carbonyl (C=O) groups excluding carboxylic acids is 4. The average molecular weight is 589 g/mol. The Balaban J connectivity index is 1.28. The fourth-order valence-corrected chi connectivity index (χ4v) is 5.56. The van der Waals surface area contributed by atoms with Gasteiger partial charge >= 0.3 is 0 Å². The molecule has 0 atom stereocenters. The van der Waals surface area contributed by atoms with E-state index in [1.807, 2.05) is 0 Å². The van der Waals surface area contributed by atoms with Crippen molar-refractivity contribution in [2.45, 2.75) is 64.2 Å². The molecule has 2 rings (SSSR count). The largest absolute Gasteiger partial charge is 0.344 e. The van der Waals surface area contributed by atoms with Crippen LogP contribution in [0, 0.1) is 0 Å². The Morgan fingerprint density at radius 3 is 1.32 bits per heavy atom. The molecule has 0 unspecified atom stereocenters. The third-order valence-electron chi connectivity index (χ3n) is 5.86. The molecule has 0 bridgehead atoms. The summed E-state index contributed by atoms with van der Waals surface area (Å²) in [6.45, 7) is 0.0584. The van der Waals surface area contributed by atoms with Crippen LogP contribution in [0.3, 0.4) is 0 Å². The highest BCUT2D eigenvalue weighted by molar-refractivity contribution is 7.99. The van der Waals surface area contributed by atoms with Crippen molar-refractivity contribution >= 4 is 46.9 Å². The number of nitrogens with zero attached hydrogens (tertiary/aromatic N) is 4. The minimum Gasteiger partial charge on any atom is -0.344 e. The molecule has 10 nitrogen and oxygen atoms in total. The number of amides is 2. The predicted octanol–water partition coefficient (Wildman–Crippen LogP) is 3.93. The van der Waals surface area contributed by atoms with Crippen LogP contribution in [0.2, 0.25) is 0 Å². The maximum atomic E-state index is 11.9. The van der Waals surface area contributed by atoms with Gasteiger partial charge in [-0.15, -0.1) is 0 Å². The second-order valence-corrected chi connectivity index (χ2v) is 11.6. The summed E-state index contributed by atoms with van der Waals surface area (Å²) in [4.78, 5) is 63.1. The number of carbonyl (C=O) groups is 4. The number of nitrogens with one attached hydrogen (secondary N) is 2. The quantitative estimate of drug-likeness (QED) is 0.183. The van der Waals surface area contributed by atoms with Gasteiger partial charge in [0.1, 0.15) is 11.4 Å². The van der Waals surface area contributed by atoms with Crippen molar-refractivity contribution < 1.29 is 19.2 Å². The lowest BCUT2D eigenvalue weighted by Gasteiger charge is -2.05. The number of ketones is 2. The number of Topliss-reactive ketones (excluding diaryl/α,β-unsaturated/α-hetero) is 2. The molecule has 0 saturated carbocycles. The van der Waals surface area contributed by atoms with E-state index in [-0.39, 0.29) is 47.9 Å². The summed E-state index contributed by atoms with van der Waals surface area (Å²) in [7, 11) is 0. The minimum absolute atomic E-state index is 0.0252. The zero-order valence-electron chi connectivity index (χ0n) is 23.0. The number of hydrogen-bond donors (Lipinski definition) is 2. The molecule has 2 aromatic rings. The molecule has 0 aliphatic carbocycles. The van der Waals surface area contributed by atoms with E-state index >= 15 is 0 Å². The topological polar surface area (TPSA) is 144 Å². The number of hydrogen-bond acceptors (Lipinski definition) is 10. The van der Waals surface area contributed by atoms with E-state index in [4.69, 9.17) is 0 Å². The van der Waals surface area contributed by atoms with Crippen LogP contribution in [0.5, 0.6) is 0 Å². The molecule has 12 heteroatoms. The third kappa shape index (κ3) is 16.3. The summed E-state index contributed by atoms with van der Waals surface area (Å²) >= 11 is 3.59. The van der Waals surface area contributed by atoms with Gasteiger partial charge in [0.2, 0.25) is 0 Å². The number of thioether (sulfide) groups is 2. The van der Waals surface area contributed by atoms with Crippen LogP contribution in [-0.4, -0.2) is 79.4 Å². The summed E-state index contributed by atoms with van der Waals surface area (Å²) in [6.07, 6.45) is 19.3. The van der Waals surface area contributed by atoms with Crippen LogP contribution >= 0.6 is 23.5 Å². The van der Waals surface area contributed by atoms with Gasteiger partial charge < -0.3 is 10.6 Å². The highest BCUT2D eigenvalue weighted by Gasteiger charge is 2.10. The molecule has 2 amide bonds. The van der Waals surface area contributed by atoms with Crippen molar-refractivity contribution in [3.63, 3.8) is 0 Å². The standard InChI is InChI=1S/C28H40N6O4S2/c35-23(19-33-27(37)25-21-29-11-13-31-25)9-17-39-15-7-5-3-1-2-4-6-8-16-40-18-10-24(36)20-34-28(38)26-22-30-12-14-32-26/h11-14,21-22H,1-10,15-20H2,(H,33,37)(H,34,38). The fraction of sp³-hybridized carbons (Fsp3) is 0.571. The molecule has 0 aliphatic rings. The molecule has 218 valence electrons. The molecule has 0 spiro atoms. The third-order valence-corrected chi connectivity index (χ3v) is 8.00. The highest BCUT2D eigenvalue weighted by atomic mass is 32.2. The maximum absolute atomic E-state index is 11.9. The van der Waals surface area contributed by atoms with Crippen LogP contribution in [0.25, 0.3) is 0 Å². The van der Waals surface area contributed by atoms with Gasteiger partial charge in [-0.2, -0.15) is 23.5 Å². The van der Waals surface area contributed by atoms with E-state index < -0.39 is 0 Å². The van der Waals surface area contributed by atoms with Crippen molar-refractivity contribution in [1.29, 1.82) is 0 Å². The van der Waals surface area contributed by atoms with Gasteiger partial charge in [-0.3, -0.25) is 29.1 Å². The first-order valence-corrected chi connectivity index (χ1v) is 16.1. The van der Waals surface area contributed by atoms with Gasteiger partial charge in [-0.25, -0.2) is 9.97 Å². The van der Waals surface area contributed by atoms with Crippen LogP contribution < -0.4 is 10.6 Å². The SMILES string of the molecule is O=C(CCSCCCCCCCCCCSCCC(=O)CNC(=O)c1cnccn1)CNC(=O)c1cnccn1. The second-order valence-electron chi connectivity index (χ2n) is 9.18. The summed E-state index contributed by atoms with van der Waals surface area (Å²) in [6, 6.07) is 0. The molecule has 2 N–H and O–H groups in total. The van der Waals surface area contributed by atoms with E-state index in [0.717, 1.165) is 23.0 Å². The summed E-state index contributed by atoms with van der Waals surface area (Å²) in [5, 5.41) is 5.18. The molecule has 0 fully saturated rings. The van der Waals surface area contributed by atoms with Gasteiger partial charge in [-0.1, -0.05) is 38.5 Å². The Labute approximate surface area is 245 Å². The molecular formula is C28H40N6O4S2. The first kappa shape index (κ1) is 33.3. The highest BCUT2D eigenvalue weighted by Crippen LogP contribution is 2.13. The minimum atomic E-state index is -0.378. The molecule has 0 aliphatic heterocycles. The first-order valence-electron chi connectivity index (χ1n) is 13.8. The fourth-order valence-electron chi connectivity index (χ4n) is 3.59. The lowest BCUT2D eigenvalue weighted by molar-refractivity contribution is -0.118. The number of unbranched alkanes of at least 4 members (excludes halogenated alkanes) is 7. The van der Waals surface area contributed by atoms with Gasteiger partial charge in [-0.05, 0) is 24.3 Å². The zero-order valence-corrected chi connectivity index (χ0v) is 24.6. The van der Waals surface area contributed by atoms with Crippen LogP contribution in [-0.2, 0) is 9.59 Å². The molecule has 40 heavy (non-hydrogen) atoms. The van der Waals surface area contributed by atoms with Crippen molar-refractivity contribution in [3.05, 3.63) is 48.6 Å². The van der Waals surface area contributed by atoms with Crippen LogP contribution in [0.4, 0.5) is 0 Å². The lowest BCUT2D eigenvalue weighted by atomic mass is 10.1. The van der Waals surface area contributed by atoms with E-state index in [0.29, 0.717) is 12.8 Å². The van der Waals surface area contributed by atoms with Gasteiger partial charge in [0, 0.05) is 49.1 Å². The molecule has 2 heterocycles. The van der Waals surface area contributed by atoms with Crippen LogP contribution in [0.15, 0.2) is 37.2 Å². The van der Waals surface area contributed by atoms with Gasteiger partial charge in [0.15, 0.2) is 11.6 Å². The lowest BCUT2D eigenvalue weighted by Crippen LogP contribution is -2.30. The smallest absolute Gasteiger partial charge is 0.271 e. The van der Waals surface area contributed by atoms with Crippen molar-refractivity contribution in [2.24, 2.45) is 0 Å². The Bertz CT molecular complexity index is 933. The average Bonchev–Trinajstić information content (AvgIpc) is 2.99. The second kappa shape index (κ2) is 21.9. The van der Waals surface area contributed by atoms with Crippen molar-refractivity contribution in [1.82, 2.24) is 30.6 Å². The Hall–Kier alpha value is -2.86. The molecule has 0 saturated heterocycles. The molecule has 0 radical (unpaired) electrons. The summed E-state index contributed by atoms with van der Waals surface area (Å²) < 4.78 is 0. The monoisotopic (exact) mass is 588 g/mol. The van der Waals surface area contributed by atoms with E-state index in [1.165, 1.54) is 88.5 Å². The van der Waals surface area contributed by atoms with Gasteiger partial charge in [0.05, 0.1) is 25.5 Å². The van der Waals surface area contributed by atoms with Crippen molar-refractivity contribution in [3.8, 4) is 0 Å². The van der Waals surface area contributed by atoms with E-state index in [2.05, 4.69) is 30.6 Å². The molecule has 0 aromatic carbocycles. The Morgan fingerprint density at radius 1 is 0.550 bits per heavy atom. The Morgan fingerprint density at radius 2 is 0.950 bits per heavy atom. The van der Waals surface area contributed by atoms with E-state index in [1.54, 1.807) is 23.5 Å².